The van der Waals surface area contributed by atoms with Gasteiger partial charge in [-0.2, -0.15) is 0 Å². The van der Waals surface area contributed by atoms with Crippen LogP contribution in [0.25, 0.3) is 6.08 Å². The molecule has 0 bridgehead atoms. The van der Waals surface area contributed by atoms with Gasteiger partial charge in [0.25, 0.3) is 0 Å². The van der Waals surface area contributed by atoms with E-state index in [1.807, 2.05) is 24.3 Å². The first-order chi connectivity index (χ1) is 11.0. The summed E-state index contributed by atoms with van der Waals surface area (Å²) in [6, 6.07) is 9.52. The van der Waals surface area contributed by atoms with Crippen LogP contribution in [0.3, 0.4) is 0 Å². The molecule has 1 aliphatic heterocycles. The number of hydrogen-bond donors (Lipinski definition) is 3. The Balaban J connectivity index is 0.00000156. The Morgan fingerprint density at radius 2 is 1.76 bits per heavy atom. The summed E-state index contributed by atoms with van der Waals surface area (Å²) in [7, 11) is 0. The summed E-state index contributed by atoms with van der Waals surface area (Å²) in [6.07, 6.45) is 3.89. The second-order valence-electron chi connectivity index (χ2n) is 6.17. The summed E-state index contributed by atoms with van der Waals surface area (Å²) >= 11 is 6.36. The van der Waals surface area contributed by atoms with Crippen LogP contribution in [0, 0.1) is 7.43 Å². The number of nitrogens with one attached hydrogen (secondary N) is 1. The first-order valence-electron chi connectivity index (χ1n) is 7.80. The van der Waals surface area contributed by atoms with E-state index in [1.165, 1.54) is 5.56 Å². The number of fused-ring (bicyclic) bond motifs is 1. The van der Waals surface area contributed by atoms with Crippen molar-refractivity contribution in [3.63, 3.8) is 0 Å². The van der Waals surface area contributed by atoms with Crippen LogP contribution in [0.1, 0.15) is 48.1 Å². The van der Waals surface area contributed by atoms with Gasteiger partial charge in [-0.15, -0.1) is 0 Å². The van der Waals surface area contributed by atoms with Crippen molar-refractivity contribution in [3.05, 3.63) is 71.1 Å². The standard InChI is InChI=1S/C19H21ClN2O.CH3.K/c1-11(2)12-5-7-13(8-6-12)17(21)15-10-16(20)14-4-3-9-22-18(14)19(15)23;;/h3-8,10-11,17,22-23H,9,21H2,1-2H3;1H3;/q;-1;+1. The molecule has 128 valence electrons. The van der Waals surface area contributed by atoms with E-state index in [9.17, 15) is 5.11 Å². The molecule has 0 radical (unpaired) electrons. The van der Waals surface area contributed by atoms with Gasteiger partial charge >= 0.3 is 51.4 Å². The zero-order valence-electron chi connectivity index (χ0n) is 15.3. The molecule has 0 aliphatic carbocycles. The fraction of sp³-hybridized carbons (Fsp3) is 0.250. The van der Waals surface area contributed by atoms with Crippen molar-refractivity contribution in [1.82, 2.24) is 0 Å². The van der Waals surface area contributed by atoms with E-state index in [0.29, 0.717) is 28.7 Å². The van der Waals surface area contributed by atoms with E-state index in [2.05, 4.69) is 31.3 Å². The Kier molecular flexibility index (Phi) is 8.68. The Bertz CT molecular complexity index is 757. The molecule has 1 heterocycles. The molecule has 25 heavy (non-hydrogen) atoms. The molecule has 1 atom stereocenters. The summed E-state index contributed by atoms with van der Waals surface area (Å²) < 4.78 is 0. The Hall–Kier alpha value is -0.334. The number of benzene rings is 2. The topological polar surface area (TPSA) is 58.3 Å². The number of anilines is 1. The van der Waals surface area contributed by atoms with E-state index in [-0.39, 0.29) is 64.6 Å². The van der Waals surface area contributed by atoms with Gasteiger partial charge in [0.1, 0.15) is 5.75 Å². The van der Waals surface area contributed by atoms with Crippen LogP contribution < -0.4 is 62.4 Å². The van der Waals surface area contributed by atoms with E-state index in [4.69, 9.17) is 17.3 Å². The van der Waals surface area contributed by atoms with Crippen LogP contribution in [0.2, 0.25) is 5.02 Å². The normalized spacial score (nSPS) is 13.3. The largest absolute Gasteiger partial charge is 1.00 e. The monoisotopic (exact) mass is 382 g/mol. The quantitative estimate of drug-likeness (QED) is 0.433. The molecule has 1 aliphatic rings. The first kappa shape index (κ1) is 22.7. The summed E-state index contributed by atoms with van der Waals surface area (Å²) in [5.41, 5.74) is 10.7. The number of hydrogen-bond acceptors (Lipinski definition) is 3. The molecule has 0 amide bonds. The number of halogens is 1. The van der Waals surface area contributed by atoms with E-state index >= 15 is 0 Å². The number of nitrogens with two attached hydrogens (primary N) is 1. The van der Waals surface area contributed by atoms with E-state index in [1.54, 1.807) is 6.07 Å². The van der Waals surface area contributed by atoms with Crippen molar-refractivity contribution < 1.29 is 56.5 Å². The SMILES string of the molecule is CC(C)c1ccc(C(N)c2cc(Cl)c3c(c2O)NCC=C3)cc1.[CH3-].[K+]. The second kappa shape index (κ2) is 9.56. The third-order valence-electron chi connectivity index (χ3n) is 4.30. The van der Waals surface area contributed by atoms with Gasteiger partial charge in [0.05, 0.1) is 16.8 Å². The molecule has 0 saturated heterocycles. The molecule has 0 saturated carbocycles. The van der Waals surface area contributed by atoms with Gasteiger partial charge in [-0.25, -0.2) is 0 Å². The predicted molar refractivity (Wildman–Crippen MR) is 104 cm³/mol. The third kappa shape index (κ3) is 4.69. The van der Waals surface area contributed by atoms with Crippen LogP contribution in [-0.4, -0.2) is 11.7 Å². The van der Waals surface area contributed by atoms with E-state index in [0.717, 1.165) is 11.1 Å². The van der Waals surface area contributed by atoms with Crippen molar-refractivity contribution in [1.29, 1.82) is 0 Å². The summed E-state index contributed by atoms with van der Waals surface area (Å²) in [5.74, 6) is 0.650. The number of phenols is 1. The van der Waals surface area contributed by atoms with Gasteiger partial charge in [-0.3, -0.25) is 0 Å². The molecule has 4 N–H and O–H groups in total. The molecule has 3 rings (SSSR count). The molecule has 5 heteroatoms. The van der Waals surface area contributed by atoms with Gasteiger partial charge < -0.3 is 23.6 Å². The molecule has 0 aromatic heterocycles. The average Bonchev–Trinajstić information content (AvgIpc) is 2.57. The Morgan fingerprint density at radius 1 is 1.16 bits per heavy atom. The van der Waals surface area contributed by atoms with Crippen LogP contribution in [0.15, 0.2) is 36.4 Å². The van der Waals surface area contributed by atoms with Crippen molar-refractivity contribution in [2.24, 2.45) is 5.73 Å². The molecule has 0 spiro atoms. The van der Waals surface area contributed by atoms with Crippen LogP contribution in [-0.2, 0) is 0 Å². The minimum Gasteiger partial charge on any atom is -0.505 e. The van der Waals surface area contributed by atoms with Crippen molar-refractivity contribution in [2.75, 3.05) is 11.9 Å². The number of phenolic OH excluding ortho intramolecular Hbond substituents is 1. The van der Waals surface area contributed by atoms with E-state index < -0.39 is 6.04 Å². The van der Waals surface area contributed by atoms with Crippen molar-refractivity contribution >= 4 is 23.4 Å². The maximum Gasteiger partial charge on any atom is 1.00 e. The Morgan fingerprint density at radius 3 is 2.36 bits per heavy atom. The first-order valence-corrected chi connectivity index (χ1v) is 8.18. The maximum atomic E-state index is 10.6. The Labute approximate surface area is 198 Å². The zero-order chi connectivity index (χ0) is 16.6. The molecule has 2 aromatic rings. The maximum absolute atomic E-state index is 10.6. The molecular formula is C20H24ClKN2O. The molecular weight excluding hydrogens is 359 g/mol. The fourth-order valence-electron chi connectivity index (χ4n) is 2.86. The molecule has 3 nitrogen and oxygen atoms in total. The number of aromatic hydroxyl groups is 1. The summed E-state index contributed by atoms with van der Waals surface area (Å²) in [6.45, 7) is 4.98. The molecule has 1 unspecified atom stereocenters. The van der Waals surface area contributed by atoms with Gasteiger partial charge in [0, 0.05) is 17.7 Å². The zero-order valence-corrected chi connectivity index (χ0v) is 19.2. The fourth-order valence-corrected chi connectivity index (χ4v) is 3.13. The predicted octanol–water partition coefficient (Wildman–Crippen LogP) is 2.11. The molecule has 0 fully saturated rings. The summed E-state index contributed by atoms with van der Waals surface area (Å²) in [5, 5.41) is 14.4. The smallest absolute Gasteiger partial charge is 0.505 e. The second-order valence-corrected chi connectivity index (χ2v) is 6.57. The average molecular weight is 383 g/mol. The minimum atomic E-state index is -0.424. The van der Waals surface area contributed by atoms with Gasteiger partial charge in [-0.05, 0) is 23.1 Å². The third-order valence-corrected chi connectivity index (χ3v) is 4.61. The van der Waals surface area contributed by atoms with Crippen LogP contribution in [0.5, 0.6) is 5.75 Å². The van der Waals surface area contributed by atoms with Crippen molar-refractivity contribution in [3.8, 4) is 5.75 Å². The summed E-state index contributed by atoms with van der Waals surface area (Å²) in [4.78, 5) is 0. The van der Waals surface area contributed by atoms with Gasteiger partial charge in [0.15, 0.2) is 0 Å². The van der Waals surface area contributed by atoms with Gasteiger partial charge in [-0.1, -0.05) is 61.9 Å². The van der Waals surface area contributed by atoms with Gasteiger partial charge in [0.2, 0.25) is 0 Å². The van der Waals surface area contributed by atoms with Crippen LogP contribution in [0.4, 0.5) is 5.69 Å². The molecule has 2 aromatic carbocycles. The van der Waals surface area contributed by atoms with Crippen LogP contribution >= 0.6 is 11.6 Å². The minimum absolute atomic E-state index is 0. The number of rotatable bonds is 3. The van der Waals surface area contributed by atoms with Crippen molar-refractivity contribution in [2.45, 2.75) is 25.8 Å².